The molecule has 0 radical (unpaired) electrons. The number of hydrogen-bond acceptors (Lipinski definition) is 5. The SMILES string of the molecule is CCn1c(SCCC(=O)c2ccccc2)nnc1[C@@H](N)Cc1c[nH]c2ccccc12. The van der Waals surface area contributed by atoms with Gasteiger partial charge in [-0.1, -0.05) is 60.3 Å². The molecular weight excluding hydrogens is 394 g/mol. The monoisotopic (exact) mass is 419 g/mol. The highest BCUT2D eigenvalue weighted by Gasteiger charge is 2.19. The standard InChI is InChI=1S/C23H25N5OS/c1-2-28-22(19(24)14-17-15-25-20-11-7-6-10-18(17)20)26-27-23(28)30-13-12-21(29)16-8-4-3-5-9-16/h3-11,15,19,25H,2,12-14,24H2,1H3/t19-/m0/s1. The Bertz CT molecular complexity index is 1130. The smallest absolute Gasteiger partial charge is 0.191 e. The van der Waals surface area contributed by atoms with Crippen molar-refractivity contribution in [2.45, 2.75) is 37.5 Å². The van der Waals surface area contributed by atoms with Crippen LogP contribution in [-0.4, -0.2) is 31.3 Å². The van der Waals surface area contributed by atoms with E-state index in [1.165, 1.54) is 10.9 Å². The van der Waals surface area contributed by atoms with Gasteiger partial charge in [0.1, 0.15) is 0 Å². The molecule has 0 aliphatic rings. The number of aromatic nitrogens is 4. The van der Waals surface area contributed by atoms with E-state index in [2.05, 4.69) is 38.8 Å². The van der Waals surface area contributed by atoms with Gasteiger partial charge in [0.05, 0.1) is 6.04 Å². The number of nitrogens with zero attached hydrogens (tertiary/aromatic N) is 3. The van der Waals surface area contributed by atoms with Crippen LogP contribution in [0.25, 0.3) is 10.9 Å². The van der Waals surface area contributed by atoms with E-state index in [1.807, 2.05) is 48.7 Å². The predicted octanol–water partition coefficient (Wildman–Crippen LogP) is 4.39. The maximum atomic E-state index is 12.3. The largest absolute Gasteiger partial charge is 0.361 e. The van der Waals surface area contributed by atoms with Crippen molar-refractivity contribution in [3.05, 3.63) is 77.7 Å². The van der Waals surface area contributed by atoms with Crippen LogP contribution in [0.15, 0.2) is 66.0 Å². The van der Waals surface area contributed by atoms with E-state index in [4.69, 9.17) is 5.73 Å². The summed E-state index contributed by atoms with van der Waals surface area (Å²) in [4.78, 5) is 15.6. The van der Waals surface area contributed by atoms with Gasteiger partial charge < -0.3 is 15.3 Å². The van der Waals surface area contributed by atoms with Gasteiger partial charge in [-0.05, 0) is 25.0 Å². The molecule has 0 aliphatic heterocycles. The van der Waals surface area contributed by atoms with Crippen LogP contribution in [0.5, 0.6) is 0 Å². The van der Waals surface area contributed by atoms with E-state index in [9.17, 15) is 4.79 Å². The lowest BCUT2D eigenvalue weighted by Crippen LogP contribution is -2.19. The molecule has 3 N–H and O–H groups in total. The van der Waals surface area contributed by atoms with Crippen LogP contribution >= 0.6 is 11.8 Å². The normalized spacial score (nSPS) is 12.3. The van der Waals surface area contributed by atoms with Crippen molar-refractivity contribution < 1.29 is 4.79 Å². The lowest BCUT2D eigenvalue weighted by atomic mass is 10.1. The highest BCUT2D eigenvalue weighted by molar-refractivity contribution is 7.99. The Kier molecular flexibility index (Phi) is 6.30. The fourth-order valence-electron chi connectivity index (χ4n) is 3.61. The Morgan fingerprint density at radius 2 is 1.90 bits per heavy atom. The van der Waals surface area contributed by atoms with Gasteiger partial charge in [-0.2, -0.15) is 0 Å². The van der Waals surface area contributed by atoms with E-state index in [0.717, 1.165) is 28.6 Å². The van der Waals surface area contributed by atoms with Crippen LogP contribution < -0.4 is 5.73 Å². The van der Waals surface area contributed by atoms with Gasteiger partial charge in [0.2, 0.25) is 0 Å². The summed E-state index contributed by atoms with van der Waals surface area (Å²) in [5.74, 6) is 1.57. The molecule has 0 amide bonds. The number of aromatic amines is 1. The van der Waals surface area contributed by atoms with Crippen molar-refractivity contribution in [3.63, 3.8) is 0 Å². The molecule has 6 nitrogen and oxygen atoms in total. The van der Waals surface area contributed by atoms with Gasteiger partial charge in [-0.3, -0.25) is 4.79 Å². The van der Waals surface area contributed by atoms with Gasteiger partial charge in [-0.15, -0.1) is 10.2 Å². The summed E-state index contributed by atoms with van der Waals surface area (Å²) in [7, 11) is 0. The zero-order valence-corrected chi connectivity index (χ0v) is 17.7. The zero-order chi connectivity index (χ0) is 20.9. The number of nitrogens with one attached hydrogen (secondary N) is 1. The lowest BCUT2D eigenvalue weighted by Gasteiger charge is -2.13. The van der Waals surface area contributed by atoms with E-state index < -0.39 is 0 Å². The summed E-state index contributed by atoms with van der Waals surface area (Å²) in [6.07, 6.45) is 3.16. The molecule has 0 aliphatic carbocycles. The average molecular weight is 420 g/mol. The van der Waals surface area contributed by atoms with Crippen molar-refractivity contribution in [1.29, 1.82) is 0 Å². The number of carbonyl (C=O) groups is 1. The minimum Gasteiger partial charge on any atom is -0.361 e. The molecule has 2 aromatic heterocycles. The first kappa shape index (κ1) is 20.4. The summed E-state index contributed by atoms with van der Waals surface area (Å²) in [5, 5.41) is 10.7. The molecule has 0 bridgehead atoms. The first-order valence-electron chi connectivity index (χ1n) is 10.1. The first-order chi connectivity index (χ1) is 14.7. The molecule has 0 spiro atoms. The third kappa shape index (κ3) is 4.32. The third-order valence-electron chi connectivity index (χ3n) is 5.16. The van der Waals surface area contributed by atoms with Crippen molar-refractivity contribution in [3.8, 4) is 0 Å². The van der Waals surface area contributed by atoms with E-state index in [0.29, 0.717) is 18.6 Å². The highest BCUT2D eigenvalue weighted by atomic mass is 32.2. The minimum atomic E-state index is -0.253. The maximum Gasteiger partial charge on any atom is 0.191 e. The summed E-state index contributed by atoms with van der Waals surface area (Å²) in [5.41, 5.74) is 9.55. The number of rotatable bonds is 9. The molecule has 0 unspecified atom stereocenters. The number of fused-ring (bicyclic) bond motifs is 1. The maximum absolute atomic E-state index is 12.3. The van der Waals surface area contributed by atoms with Crippen molar-refractivity contribution >= 4 is 28.4 Å². The third-order valence-corrected chi connectivity index (χ3v) is 6.13. The molecule has 4 rings (SSSR count). The number of benzene rings is 2. The Balaban J connectivity index is 1.42. The Morgan fingerprint density at radius 1 is 1.13 bits per heavy atom. The molecule has 4 aromatic rings. The molecule has 2 heterocycles. The van der Waals surface area contributed by atoms with Crippen LogP contribution in [0.2, 0.25) is 0 Å². The van der Waals surface area contributed by atoms with Gasteiger partial charge in [-0.25, -0.2) is 0 Å². The fourth-order valence-corrected chi connectivity index (χ4v) is 4.56. The second kappa shape index (κ2) is 9.28. The van der Waals surface area contributed by atoms with Gasteiger partial charge in [0.15, 0.2) is 16.8 Å². The molecular formula is C23H25N5OS. The minimum absolute atomic E-state index is 0.141. The molecule has 0 saturated carbocycles. The van der Waals surface area contributed by atoms with Gasteiger partial charge in [0.25, 0.3) is 0 Å². The molecule has 7 heteroatoms. The van der Waals surface area contributed by atoms with Gasteiger partial charge >= 0.3 is 0 Å². The van der Waals surface area contributed by atoms with Crippen molar-refractivity contribution in [2.75, 3.05) is 5.75 Å². The van der Waals surface area contributed by atoms with Gasteiger partial charge in [0, 0.05) is 41.4 Å². The number of nitrogens with two attached hydrogens (primary N) is 1. The Hall–Kier alpha value is -2.90. The van der Waals surface area contributed by atoms with Crippen LogP contribution in [0.4, 0.5) is 0 Å². The Labute approximate surface area is 179 Å². The number of H-pyrrole nitrogens is 1. The number of hydrogen-bond donors (Lipinski definition) is 2. The number of para-hydroxylation sites is 1. The first-order valence-corrected chi connectivity index (χ1v) is 11.1. The van der Waals surface area contributed by atoms with Crippen LogP contribution in [0, 0.1) is 0 Å². The fraction of sp³-hybridized carbons (Fsp3) is 0.261. The molecule has 154 valence electrons. The molecule has 30 heavy (non-hydrogen) atoms. The average Bonchev–Trinajstić information content (AvgIpc) is 3.38. The van der Waals surface area contributed by atoms with Crippen LogP contribution in [0.1, 0.15) is 41.1 Å². The number of thioether (sulfide) groups is 1. The molecule has 2 aromatic carbocycles. The van der Waals surface area contributed by atoms with E-state index >= 15 is 0 Å². The van der Waals surface area contributed by atoms with Crippen molar-refractivity contribution in [2.24, 2.45) is 5.73 Å². The molecule has 1 atom stereocenters. The summed E-state index contributed by atoms with van der Waals surface area (Å²) in [6, 6.07) is 17.3. The van der Waals surface area contributed by atoms with E-state index in [1.54, 1.807) is 11.8 Å². The summed E-state index contributed by atoms with van der Waals surface area (Å²) in [6.45, 7) is 2.79. The Morgan fingerprint density at radius 3 is 2.70 bits per heavy atom. The number of carbonyl (C=O) groups excluding carboxylic acids is 1. The quantitative estimate of drug-likeness (QED) is 0.310. The number of Topliss-reactive ketones (excluding diaryl/α,β-unsaturated/α-hetero) is 1. The zero-order valence-electron chi connectivity index (χ0n) is 16.9. The molecule has 0 fully saturated rings. The summed E-state index contributed by atoms with van der Waals surface area (Å²) >= 11 is 1.55. The molecule has 0 saturated heterocycles. The van der Waals surface area contributed by atoms with Crippen LogP contribution in [0.3, 0.4) is 0 Å². The van der Waals surface area contributed by atoms with E-state index in [-0.39, 0.29) is 11.8 Å². The van der Waals surface area contributed by atoms with Crippen LogP contribution in [-0.2, 0) is 13.0 Å². The highest BCUT2D eigenvalue weighted by Crippen LogP contribution is 2.25. The van der Waals surface area contributed by atoms with Crippen molar-refractivity contribution in [1.82, 2.24) is 19.7 Å². The second-order valence-corrected chi connectivity index (χ2v) is 8.20. The lowest BCUT2D eigenvalue weighted by molar-refractivity contribution is 0.0989. The predicted molar refractivity (Wildman–Crippen MR) is 121 cm³/mol. The number of ketones is 1. The topological polar surface area (TPSA) is 89.6 Å². The second-order valence-electron chi connectivity index (χ2n) is 7.14. The summed E-state index contributed by atoms with van der Waals surface area (Å²) < 4.78 is 2.05.